The van der Waals surface area contributed by atoms with E-state index in [0.717, 1.165) is 0 Å². The van der Waals surface area contributed by atoms with Crippen LogP contribution in [0.5, 0.6) is 5.75 Å². The zero-order chi connectivity index (χ0) is 13.5. The van der Waals surface area contributed by atoms with E-state index >= 15 is 0 Å². The Bertz CT molecular complexity index is 511. The molecule has 0 saturated heterocycles. The second kappa shape index (κ2) is 4.72. The van der Waals surface area contributed by atoms with Crippen molar-refractivity contribution in [3.8, 4) is 5.75 Å². The molecule has 17 heavy (non-hydrogen) atoms. The van der Waals surface area contributed by atoms with Crippen LogP contribution in [0.3, 0.4) is 0 Å². The summed E-state index contributed by atoms with van der Waals surface area (Å²) in [6.45, 7) is -0.210. The summed E-state index contributed by atoms with van der Waals surface area (Å²) in [5.41, 5.74) is 0.207. The van der Waals surface area contributed by atoms with Crippen LogP contribution in [0.1, 0.15) is 13.0 Å². The lowest BCUT2D eigenvalue weighted by Gasteiger charge is -2.13. The Morgan fingerprint density at radius 2 is 2.41 bits per heavy atom. The zero-order valence-electron chi connectivity index (χ0n) is 9.41. The van der Waals surface area contributed by atoms with Gasteiger partial charge in [-0.3, -0.25) is 0 Å². The third-order valence-electron chi connectivity index (χ3n) is 2.29. The highest BCUT2D eigenvalue weighted by atomic mass is 79.9. The second-order valence-electron chi connectivity index (χ2n) is 3.44. The molecule has 7 heteroatoms. The van der Waals surface area contributed by atoms with E-state index in [0.29, 0.717) is 4.47 Å². The van der Waals surface area contributed by atoms with Gasteiger partial charge in [0.25, 0.3) is 0 Å². The van der Waals surface area contributed by atoms with Gasteiger partial charge in [0.05, 0.1) is 12.9 Å². The first-order valence-corrected chi connectivity index (χ1v) is 5.85. The van der Waals surface area contributed by atoms with E-state index in [9.17, 15) is 9.90 Å². The number of rotatable bonds is 2. The van der Waals surface area contributed by atoms with E-state index < -0.39 is 18.3 Å². The van der Waals surface area contributed by atoms with Crippen molar-refractivity contribution in [3.05, 3.63) is 27.2 Å². The van der Waals surface area contributed by atoms with Gasteiger partial charge in [0, 0.05) is 10.0 Å². The minimum absolute atomic E-state index is 0.203. The molecule has 1 aromatic carbocycles. The lowest BCUT2D eigenvalue weighted by molar-refractivity contribution is 0.0673. The molecular formula is C10H9BrClNO4. The van der Waals surface area contributed by atoms with Crippen LogP contribution >= 0.6 is 27.5 Å². The Morgan fingerprint density at radius 1 is 1.71 bits per heavy atom. The Morgan fingerprint density at radius 3 is 3.06 bits per heavy atom. The summed E-state index contributed by atoms with van der Waals surface area (Å²) in [6.07, 6.45) is -4.35. The Labute approximate surface area is 112 Å². The highest BCUT2D eigenvalue weighted by Crippen LogP contribution is 2.43. The van der Waals surface area contributed by atoms with Crippen molar-refractivity contribution in [2.75, 3.05) is 6.54 Å². The number of carbonyl (C=O) groups is 1. The SMILES string of the molecule is [2H]C1(O)c2cc(Br)cc(Cl)c2OC1CNC(=O)O. The molecule has 1 amide bonds. The number of nitrogens with one attached hydrogen (secondary N) is 1. The topological polar surface area (TPSA) is 78.8 Å². The number of aliphatic hydroxyl groups is 1. The van der Waals surface area contributed by atoms with Crippen molar-refractivity contribution in [2.24, 2.45) is 0 Å². The van der Waals surface area contributed by atoms with Gasteiger partial charge < -0.3 is 20.3 Å². The van der Waals surface area contributed by atoms with E-state index in [1.165, 1.54) is 6.07 Å². The molecule has 5 nitrogen and oxygen atoms in total. The molecule has 0 spiro atoms. The van der Waals surface area contributed by atoms with Gasteiger partial charge in [0.2, 0.25) is 0 Å². The normalized spacial score (nSPS) is 27.0. The maximum absolute atomic E-state index is 10.4. The minimum Gasteiger partial charge on any atom is -0.484 e. The van der Waals surface area contributed by atoms with Crippen LogP contribution in [0.2, 0.25) is 5.02 Å². The molecule has 3 N–H and O–H groups in total. The lowest BCUT2D eigenvalue weighted by Crippen LogP contribution is -2.35. The molecule has 92 valence electrons. The predicted octanol–water partition coefficient (Wildman–Crippen LogP) is 2.16. The largest absolute Gasteiger partial charge is 0.484 e. The van der Waals surface area contributed by atoms with E-state index in [4.69, 9.17) is 22.8 Å². The van der Waals surface area contributed by atoms with Gasteiger partial charge in [0.15, 0.2) is 0 Å². The van der Waals surface area contributed by atoms with Gasteiger partial charge in [-0.1, -0.05) is 27.5 Å². The summed E-state index contributed by atoms with van der Waals surface area (Å²) in [6, 6.07) is 3.10. The number of hydrogen-bond donors (Lipinski definition) is 3. The Balaban J connectivity index is 2.32. The summed E-state index contributed by atoms with van der Waals surface area (Å²) in [4.78, 5) is 10.4. The lowest BCUT2D eigenvalue weighted by atomic mass is 10.1. The molecule has 2 atom stereocenters. The van der Waals surface area contributed by atoms with Gasteiger partial charge in [0.1, 0.15) is 17.9 Å². The van der Waals surface area contributed by atoms with Gasteiger partial charge in [-0.15, -0.1) is 0 Å². The number of ether oxygens (including phenoxy) is 1. The third-order valence-corrected chi connectivity index (χ3v) is 3.03. The first-order valence-electron chi connectivity index (χ1n) is 5.17. The van der Waals surface area contributed by atoms with Crippen LogP contribution in [-0.4, -0.2) is 29.0 Å². The van der Waals surface area contributed by atoms with Crippen LogP contribution in [0.25, 0.3) is 0 Å². The molecule has 1 heterocycles. The molecule has 0 radical (unpaired) electrons. The molecule has 0 aliphatic carbocycles. The number of halogens is 2. The fourth-order valence-corrected chi connectivity index (χ4v) is 2.41. The van der Waals surface area contributed by atoms with Gasteiger partial charge in [-0.05, 0) is 12.1 Å². The monoisotopic (exact) mass is 322 g/mol. The molecule has 1 aromatic rings. The quantitative estimate of drug-likeness (QED) is 0.779. The second-order valence-corrected chi connectivity index (χ2v) is 4.76. The van der Waals surface area contributed by atoms with Gasteiger partial charge in [-0.2, -0.15) is 0 Å². The average Bonchev–Trinajstić information content (AvgIpc) is 2.49. The zero-order valence-corrected chi connectivity index (χ0v) is 10.7. The van der Waals surface area contributed by atoms with Gasteiger partial charge >= 0.3 is 6.09 Å². The third kappa shape index (κ3) is 2.48. The molecule has 2 unspecified atom stereocenters. The minimum atomic E-state index is -2.05. The van der Waals surface area contributed by atoms with Crippen LogP contribution in [-0.2, 0) is 0 Å². The summed E-state index contributed by atoms with van der Waals surface area (Å²) < 4.78 is 13.8. The first kappa shape index (κ1) is 11.1. The van der Waals surface area contributed by atoms with Crippen LogP contribution in [0.15, 0.2) is 16.6 Å². The summed E-state index contributed by atoms with van der Waals surface area (Å²) >= 11 is 9.15. The standard InChI is InChI=1S/C10H9BrClNO4/c11-4-1-5-8(14)7(3-13-10(15)16)17-9(5)6(12)2-4/h1-2,7-8,13-14H,3H2,(H,15,16)/i8D. The number of amides is 1. The number of carboxylic acid groups (broad SMARTS) is 1. The van der Waals surface area contributed by atoms with E-state index in [1.807, 2.05) is 0 Å². The van der Waals surface area contributed by atoms with Crippen LogP contribution < -0.4 is 10.1 Å². The maximum atomic E-state index is 10.4. The van der Waals surface area contributed by atoms with Crippen LogP contribution in [0.4, 0.5) is 4.79 Å². The van der Waals surface area contributed by atoms with Crippen molar-refractivity contribution in [1.29, 1.82) is 0 Å². The Hall–Kier alpha value is -0.980. The fraction of sp³-hybridized carbons (Fsp3) is 0.300. The van der Waals surface area contributed by atoms with Crippen LogP contribution in [0, 0.1) is 0 Å². The van der Waals surface area contributed by atoms with E-state index in [1.54, 1.807) is 6.07 Å². The highest BCUT2D eigenvalue weighted by Gasteiger charge is 2.34. The fourth-order valence-electron chi connectivity index (χ4n) is 1.56. The highest BCUT2D eigenvalue weighted by molar-refractivity contribution is 9.10. The average molecular weight is 324 g/mol. The Kier molecular flexibility index (Phi) is 3.09. The van der Waals surface area contributed by atoms with Crippen molar-refractivity contribution in [1.82, 2.24) is 5.32 Å². The van der Waals surface area contributed by atoms with E-state index in [2.05, 4.69) is 21.2 Å². The van der Waals surface area contributed by atoms with Gasteiger partial charge in [-0.25, -0.2) is 4.79 Å². The molecule has 0 fully saturated rings. The first-order chi connectivity index (χ1) is 8.32. The molecule has 1 aliphatic rings. The van der Waals surface area contributed by atoms with Crippen molar-refractivity contribution < 1.29 is 21.1 Å². The van der Waals surface area contributed by atoms with Crippen molar-refractivity contribution in [2.45, 2.75) is 12.2 Å². The predicted molar refractivity (Wildman–Crippen MR) is 64.6 cm³/mol. The maximum Gasteiger partial charge on any atom is 0.404 e. The van der Waals surface area contributed by atoms with E-state index in [-0.39, 0.29) is 22.9 Å². The number of fused-ring (bicyclic) bond motifs is 1. The molecule has 0 aromatic heterocycles. The molecule has 2 rings (SSSR count). The summed E-state index contributed by atoms with van der Waals surface area (Å²) in [5.74, 6) is 0.203. The molecule has 0 bridgehead atoms. The molecule has 1 aliphatic heterocycles. The molecular weight excluding hydrogens is 313 g/mol. The van der Waals surface area contributed by atoms with Crippen molar-refractivity contribution >= 4 is 33.6 Å². The summed E-state index contributed by atoms with van der Waals surface area (Å²) in [7, 11) is 0. The number of hydrogen-bond acceptors (Lipinski definition) is 3. The smallest absolute Gasteiger partial charge is 0.404 e. The number of benzene rings is 1. The van der Waals surface area contributed by atoms with Crippen molar-refractivity contribution in [3.63, 3.8) is 0 Å². The summed E-state index contributed by atoms with van der Waals surface area (Å²) in [5, 5.41) is 20.9. The molecule has 0 saturated carbocycles.